The molecule has 0 radical (unpaired) electrons. The molecule has 0 aromatic heterocycles. The zero-order valence-corrected chi connectivity index (χ0v) is 34.1. The van der Waals surface area contributed by atoms with Gasteiger partial charge >= 0.3 is 6.09 Å². The lowest BCUT2D eigenvalue weighted by atomic mass is 10.00. The zero-order valence-electron chi connectivity index (χ0n) is 34.1. The van der Waals surface area contributed by atoms with E-state index in [0.29, 0.717) is 45.4 Å². The Labute approximate surface area is 313 Å². The van der Waals surface area contributed by atoms with Crippen LogP contribution in [0.15, 0.2) is 0 Å². The van der Waals surface area contributed by atoms with Gasteiger partial charge in [0.25, 0.3) is 0 Å². The van der Waals surface area contributed by atoms with E-state index in [1.807, 2.05) is 48.5 Å². The van der Waals surface area contributed by atoms with E-state index in [2.05, 4.69) is 28.4 Å². The topological polar surface area (TPSA) is 198 Å². The predicted octanol–water partition coefficient (Wildman–Crippen LogP) is 4.05. The fourth-order valence-electron chi connectivity index (χ4n) is 4.67. The molecule has 0 aromatic rings. The Kier molecular flexibility index (Phi) is 25.0. The molecular formula is C37H73N5O10. The number of rotatable bonds is 29. The lowest BCUT2D eigenvalue weighted by Crippen LogP contribution is -2.54. The van der Waals surface area contributed by atoms with Crippen molar-refractivity contribution in [3.8, 4) is 0 Å². The van der Waals surface area contributed by atoms with Gasteiger partial charge in [0, 0.05) is 25.3 Å². The molecule has 52 heavy (non-hydrogen) atoms. The van der Waals surface area contributed by atoms with Crippen LogP contribution in [-0.2, 0) is 42.9 Å². The molecule has 0 aromatic carbocycles. The highest BCUT2D eigenvalue weighted by molar-refractivity contribution is 5.88. The molecule has 0 aliphatic heterocycles. The van der Waals surface area contributed by atoms with Crippen LogP contribution < -0.4 is 27.2 Å². The van der Waals surface area contributed by atoms with Crippen molar-refractivity contribution in [2.45, 2.75) is 169 Å². The first kappa shape index (κ1) is 49.4. The number of hydrogen-bond donors (Lipinski definition) is 5. The van der Waals surface area contributed by atoms with E-state index in [4.69, 9.17) is 34.3 Å². The second kappa shape index (κ2) is 26.3. The van der Waals surface area contributed by atoms with E-state index in [1.54, 1.807) is 20.8 Å². The van der Waals surface area contributed by atoms with Crippen LogP contribution in [-0.4, -0.2) is 111 Å². The van der Waals surface area contributed by atoms with Crippen molar-refractivity contribution in [3.63, 3.8) is 0 Å². The van der Waals surface area contributed by atoms with Crippen LogP contribution in [0.25, 0.3) is 0 Å². The highest BCUT2D eigenvalue weighted by Crippen LogP contribution is 2.16. The molecule has 0 aliphatic rings. The summed E-state index contributed by atoms with van der Waals surface area (Å²) in [4.78, 5) is 56.0. The smallest absolute Gasteiger partial charge is 0.431 e. The standard InChI is InChI=1S/C37H73N5O10/c1-12-14-27(2)48-23-19-37(10,11)50-26-32(44)40-30(33(45)41-36(8,9)18-24-51-42-34(46)52-35(5,6)7)15-13-21-39-31(43)25-49-29(4)17-22-47-28(3)16-20-38/h27-30H,12-26,38H2,1-11H3,(H,39,43)(H,40,44)(H,41,45)(H,42,46). The lowest BCUT2D eigenvalue weighted by molar-refractivity contribution is -0.137. The summed E-state index contributed by atoms with van der Waals surface area (Å²) in [6, 6.07) is -0.896. The second-order valence-electron chi connectivity index (χ2n) is 15.6. The van der Waals surface area contributed by atoms with Gasteiger partial charge < -0.3 is 45.4 Å². The van der Waals surface area contributed by atoms with E-state index in [-0.39, 0.29) is 57.0 Å². The Hall–Kier alpha value is -2.56. The van der Waals surface area contributed by atoms with Gasteiger partial charge in [0.15, 0.2) is 0 Å². The van der Waals surface area contributed by atoms with Gasteiger partial charge in [-0.25, -0.2) is 4.79 Å². The molecule has 15 heteroatoms. The molecule has 4 unspecified atom stereocenters. The maximum absolute atomic E-state index is 13.5. The van der Waals surface area contributed by atoms with Gasteiger partial charge in [0.05, 0.1) is 30.5 Å². The van der Waals surface area contributed by atoms with Crippen LogP contribution in [0.4, 0.5) is 4.79 Å². The first-order valence-corrected chi connectivity index (χ1v) is 18.9. The van der Waals surface area contributed by atoms with Crippen LogP contribution in [0.5, 0.6) is 0 Å². The summed E-state index contributed by atoms with van der Waals surface area (Å²) in [5.74, 6) is -1.12. The van der Waals surface area contributed by atoms with Crippen molar-refractivity contribution in [1.82, 2.24) is 21.4 Å². The SMILES string of the molecule is CCCC(C)OCCC(C)(C)OCC(=O)NC(CCCNC(=O)COC(C)CCOC(C)CCN)C(=O)NC(C)(C)CCONC(=O)OC(C)(C)C. The van der Waals surface area contributed by atoms with Crippen LogP contribution in [0, 0.1) is 0 Å². The molecule has 0 saturated heterocycles. The first-order chi connectivity index (χ1) is 24.2. The van der Waals surface area contributed by atoms with Crippen molar-refractivity contribution in [2.75, 3.05) is 46.1 Å². The van der Waals surface area contributed by atoms with Crippen molar-refractivity contribution in [2.24, 2.45) is 5.73 Å². The van der Waals surface area contributed by atoms with E-state index < -0.39 is 40.7 Å². The molecule has 4 amide bonds. The molecule has 4 atom stereocenters. The Morgan fingerprint density at radius 2 is 1.37 bits per heavy atom. The average molecular weight is 748 g/mol. The number of nitrogens with one attached hydrogen (secondary N) is 4. The van der Waals surface area contributed by atoms with Gasteiger partial charge in [-0.05, 0) is 121 Å². The first-order valence-electron chi connectivity index (χ1n) is 18.9. The average Bonchev–Trinajstić information content (AvgIpc) is 3.01. The van der Waals surface area contributed by atoms with Crippen molar-refractivity contribution in [1.29, 1.82) is 0 Å². The quantitative estimate of drug-likeness (QED) is 0.0547. The maximum Gasteiger partial charge on any atom is 0.431 e. The Balaban J connectivity index is 5.09. The van der Waals surface area contributed by atoms with Crippen LogP contribution in [0.2, 0.25) is 0 Å². The van der Waals surface area contributed by atoms with E-state index >= 15 is 0 Å². The minimum Gasteiger partial charge on any atom is -0.442 e. The minimum atomic E-state index is -0.896. The van der Waals surface area contributed by atoms with Crippen molar-refractivity contribution >= 4 is 23.8 Å². The second-order valence-corrected chi connectivity index (χ2v) is 15.6. The number of nitrogens with two attached hydrogens (primary N) is 1. The van der Waals surface area contributed by atoms with Crippen molar-refractivity contribution < 1.29 is 47.7 Å². The van der Waals surface area contributed by atoms with Crippen LogP contribution >= 0.6 is 0 Å². The summed E-state index contributed by atoms with van der Waals surface area (Å²) >= 11 is 0. The summed E-state index contributed by atoms with van der Waals surface area (Å²) < 4.78 is 28.2. The van der Waals surface area contributed by atoms with E-state index in [9.17, 15) is 19.2 Å². The van der Waals surface area contributed by atoms with Gasteiger partial charge in [-0.3, -0.25) is 19.2 Å². The summed E-state index contributed by atoms with van der Waals surface area (Å²) in [5.41, 5.74) is 5.75. The monoisotopic (exact) mass is 748 g/mol. The number of ether oxygens (including phenoxy) is 5. The summed E-state index contributed by atoms with van der Waals surface area (Å²) in [6.07, 6.45) is 4.41. The molecule has 0 saturated carbocycles. The lowest BCUT2D eigenvalue weighted by Gasteiger charge is -2.30. The maximum atomic E-state index is 13.5. The Morgan fingerprint density at radius 3 is 2.00 bits per heavy atom. The van der Waals surface area contributed by atoms with E-state index in [0.717, 1.165) is 19.3 Å². The number of amides is 4. The van der Waals surface area contributed by atoms with Gasteiger partial charge in [-0.15, -0.1) is 0 Å². The fourth-order valence-corrected chi connectivity index (χ4v) is 4.67. The molecule has 0 rings (SSSR count). The van der Waals surface area contributed by atoms with Gasteiger partial charge in [0.2, 0.25) is 17.7 Å². The molecule has 0 spiro atoms. The number of carbonyl (C=O) groups is 4. The molecule has 15 nitrogen and oxygen atoms in total. The molecular weight excluding hydrogens is 674 g/mol. The molecule has 0 bridgehead atoms. The van der Waals surface area contributed by atoms with Gasteiger partial charge in [-0.1, -0.05) is 13.3 Å². The third-order valence-electron chi connectivity index (χ3n) is 7.88. The van der Waals surface area contributed by atoms with Crippen LogP contribution in [0.1, 0.15) is 128 Å². The molecule has 306 valence electrons. The van der Waals surface area contributed by atoms with Gasteiger partial charge in [0.1, 0.15) is 24.9 Å². The summed E-state index contributed by atoms with van der Waals surface area (Å²) in [6.45, 7) is 22.3. The largest absolute Gasteiger partial charge is 0.442 e. The fraction of sp³-hybridized carbons (Fsp3) is 0.892. The predicted molar refractivity (Wildman–Crippen MR) is 200 cm³/mol. The molecule has 0 fully saturated rings. The number of carbonyl (C=O) groups excluding carboxylic acids is 4. The molecule has 6 N–H and O–H groups in total. The zero-order chi connectivity index (χ0) is 39.8. The van der Waals surface area contributed by atoms with Crippen LogP contribution in [0.3, 0.4) is 0 Å². The van der Waals surface area contributed by atoms with Crippen molar-refractivity contribution in [3.05, 3.63) is 0 Å². The Bertz CT molecular complexity index is 1020. The highest BCUT2D eigenvalue weighted by Gasteiger charge is 2.28. The Morgan fingerprint density at radius 1 is 0.731 bits per heavy atom. The summed E-state index contributed by atoms with van der Waals surface area (Å²) in [5, 5.41) is 8.58. The third kappa shape index (κ3) is 28.0. The normalized spacial score (nSPS) is 14.5. The molecule has 0 heterocycles. The number of hydroxylamine groups is 1. The summed E-state index contributed by atoms with van der Waals surface area (Å²) in [7, 11) is 0. The highest BCUT2D eigenvalue weighted by atomic mass is 16.7. The third-order valence-corrected chi connectivity index (χ3v) is 7.88. The number of hydrogen-bond acceptors (Lipinski definition) is 11. The molecule has 0 aliphatic carbocycles. The minimum absolute atomic E-state index is 0.0768. The van der Waals surface area contributed by atoms with Gasteiger partial charge in [-0.2, -0.15) is 5.48 Å². The van der Waals surface area contributed by atoms with E-state index in [1.165, 1.54) is 0 Å².